The number of aryl methyl sites for hydroxylation is 4. The largest absolute Gasteiger partial charge is 0.352 e. The monoisotopic (exact) mass is 352 g/mol. The lowest BCUT2D eigenvalue weighted by Gasteiger charge is -2.14. The van der Waals surface area contributed by atoms with E-state index in [1.165, 1.54) is 5.56 Å². The summed E-state index contributed by atoms with van der Waals surface area (Å²) in [7, 11) is 0. The third-order valence-corrected chi connectivity index (χ3v) is 4.46. The lowest BCUT2D eigenvalue weighted by atomic mass is 10.0. The summed E-state index contributed by atoms with van der Waals surface area (Å²) in [5, 5.41) is 5.91. The normalized spacial score (nSPS) is 10.5. The minimum absolute atomic E-state index is 0.0897. The van der Waals surface area contributed by atoms with Crippen molar-refractivity contribution in [3.63, 3.8) is 0 Å². The summed E-state index contributed by atoms with van der Waals surface area (Å²) in [6.07, 6.45) is 2.00. The van der Waals surface area contributed by atoms with Crippen LogP contribution in [0, 0.1) is 27.7 Å². The molecular formula is C22H28N2O2. The number of carbonyl (C=O) groups excluding carboxylic acids is 2. The third-order valence-electron chi connectivity index (χ3n) is 4.46. The molecule has 0 radical (unpaired) electrons. The first-order valence-electron chi connectivity index (χ1n) is 9.11. The Hall–Kier alpha value is -2.62. The van der Waals surface area contributed by atoms with Crippen molar-refractivity contribution in [1.82, 2.24) is 5.32 Å². The van der Waals surface area contributed by atoms with Gasteiger partial charge in [0.25, 0.3) is 11.8 Å². The molecule has 0 bridgehead atoms. The Labute approximate surface area is 156 Å². The first-order valence-corrected chi connectivity index (χ1v) is 9.11. The van der Waals surface area contributed by atoms with Crippen LogP contribution in [0.5, 0.6) is 0 Å². The van der Waals surface area contributed by atoms with Gasteiger partial charge in [-0.3, -0.25) is 9.59 Å². The van der Waals surface area contributed by atoms with Crippen molar-refractivity contribution in [3.8, 4) is 0 Å². The summed E-state index contributed by atoms with van der Waals surface area (Å²) >= 11 is 0. The molecule has 0 fully saturated rings. The molecule has 0 aliphatic heterocycles. The average Bonchev–Trinajstić information content (AvgIpc) is 2.57. The van der Waals surface area contributed by atoms with Gasteiger partial charge in [-0.05, 0) is 69.0 Å². The fourth-order valence-electron chi connectivity index (χ4n) is 3.10. The van der Waals surface area contributed by atoms with E-state index < -0.39 is 0 Å². The summed E-state index contributed by atoms with van der Waals surface area (Å²) in [6.45, 7) is 10.6. The fourth-order valence-corrected chi connectivity index (χ4v) is 3.10. The van der Waals surface area contributed by atoms with E-state index in [1.807, 2.05) is 27.7 Å². The highest BCUT2D eigenvalue weighted by molar-refractivity contribution is 6.06. The van der Waals surface area contributed by atoms with Gasteiger partial charge in [0.1, 0.15) is 0 Å². The molecule has 2 N–H and O–H groups in total. The molecule has 0 saturated heterocycles. The van der Waals surface area contributed by atoms with Gasteiger partial charge in [-0.15, -0.1) is 0 Å². The molecule has 2 amide bonds. The summed E-state index contributed by atoms with van der Waals surface area (Å²) in [5.41, 5.74) is 6.06. The highest BCUT2D eigenvalue weighted by atomic mass is 16.2. The highest BCUT2D eigenvalue weighted by Gasteiger charge is 2.14. The van der Waals surface area contributed by atoms with Crippen molar-refractivity contribution in [2.24, 2.45) is 0 Å². The Morgan fingerprint density at radius 2 is 1.54 bits per heavy atom. The van der Waals surface area contributed by atoms with Gasteiger partial charge in [0.15, 0.2) is 0 Å². The molecule has 2 aromatic carbocycles. The Morgan fingerprint density at radius 1 is 0.885 bits per heavy atom. The van der Waals surface area contributed by atoms with E-state index >= 15 is 0 Å². The SMILES string of the molecule is CCCCNC(=O)c1ccc(C(=O)Nc2c(C)cc(C)cc2C)cc1C. The molecule has 0 atom stereocenters. The number of anilines is 1. The van der Waals surface area contributed by atoms with Crippen LogP contribution < -0.4 is 10.6 Å². The number of unbranched alkanes of at least 4 members (excludes halogenated alkanes) is 1. The quantitative estimate of drug-likeness (QED) is 0.740. The minimum atomic E-state index is -0.166. The van der Waals surface area contributed by atoms with E-state index in [-0.39, 0.29) is 11.8 Å². The zero-order valence-electron chi connectivity index (χ0n) is 16.3. The van der Waals surface area contributed by atoms with Gasteiger partial charge in [-0.2, -0.15) is 0 Å². The maximum Gasteiger partial charge on any atom is 0.255 e. The van der Waals surface area contributed by atoms with E-state index in [4.69, 9.17) is 0 Å². The van der Waals surface area contributed by atoms with Crippen molar-refractivity contribution in [2.45, 2.75) is 47.5 Å². The summed E-state index contributed by atoms with van der Waals surface area (Å²) in [5.74, 6) is -0.255. The predicted molar refractivity (Wildman–Crippen MR) is 107 cm³/mol. The van der Waals surface area contributed by atoms with E-state index in [9.17, 15) is 9.59 Å². The molecule has 2 aromatic rings. The Balaban J connectivity index is 2.16. The Kier molecular flexibility index (Phi) is 6.56. The van der Waals surface area contributed by atoms with Gasteiger partial charge in [0.05, 0.1) is 0 Å². The van der Waals surface area contributed by atoms with Crippen molar-refractivity contribution in [2.75, 3.05) is 11.9 Å². The lowest BCUT2D eigenvalue weighted by molar-refractivity contribution is 0.0950. The van der Waals surface area contributed by atoms with E-state index in [0.29, 0.717) is 17.7 Å². The van der Waals surface area contributed by atoms with Crippen LogP contribution in [0.25, 0.3) is 0 Å². The molecule has 0 aliphatic carbocycles. The van der Waals surface area contributed by atoms with Crippen molar-refractivity contribution >= 4 is 17.5 Å². The van der Waals surface area contributed by atoms with Crippen LogP contribution >= 0.6 is 0 Å². The summed E-state index contributed by atoms with van der Waals surface area (Å²) in [6, 6.07) is 9.30. The number of nitrogens with one attached hydrogen (secondary N) is 2. The highest BCUT2D eigenvalue weighted by Crippen LogP contribution is 2.23. The second kappa shape index (κ2) is 8.65. The summed E-state index contributed by atoms with van der Waals surface area (Å²) in [4.78, 5) is 24.9. The fraction of sp³-hybridized carbons (Fsp3) is 0.364. The molecule has 2 rings (SSSR count). The molecule has 4 nitrogen and oxygen atoms in total. The average molecular weight is 352 g/mol. The van der Waals surface area contributed by atoms with Gasteiger partial charge < -0.3 is 10.6 Å². The van der Waals surface area contributed by atoms with Crippen LogP contribution in [0.3, 0.4) is 0 Å². The molecule has 0 unspecified atom stereocenters. The summed E-state index contributed by atoms with van der Waals surface area (Å²) < 4.78 is 0. The van der Waals surface area contributed by atoms with Crippen LogP contribution in [0.2, 0.25) is 0 Å². The second-order valence-corrected chi connectivity index (χ2v) is 6.87. The Bertz CT molecular complexity index is 802. The Morgan fingerprint density at radius 3 is 2.12 bits per heavy atom. The molecule has 4 heteroatoms. The van der Waals surface area contributed by atoms with Gasteiger partial charge in [-0.1, -0.05) is 31.0 Å². The van der Waals surface area contributed by atoms with Crippen LogP contribution in [-0.2, 0) is 0 Å². The molecule has 138 valence electrons. The molecule has 0 aliphatic rings. The minimum Gasteiger partial charge on any atom is -0.352 e. The molecule has 0 saturated carbocycles. The number of benzene rings is 2. The molecular weight excluding hydrogens is 324 g/mol. The smallest absolute Gasteiger partial charge is 0.255 e. The first-order chi connectivity index (χ1) is 12.3. The second-order valence-electron chi connectivity index (χ2n) is 6.87. The standard InChI is InChI=1S/C22H28N2O2/c1-6-7-10-23-22(26)19-9-8-18(13-15(19)3)21(25)24-20-16(4)11-14(2)12-17(20)5/h8-9,11-13H,6-7,10H2,1-5H3,(H,23,26)(H,24,25). The van der Waals surface area contributed by atoms with Crippen LogP contribution in [0.1, 0.15) is 62.7 Å². The number of rotatable bonds is 6. The molecule has 0 heterocycles. The van der Waals surface area contributed by atoms with Crippen LogP contribution in [0.4, 0.5) is 5.69 Å². The van der Waals surface area contributed by atoms with E-state index in [2.05, 4.69) is 29.7 Å². The maximum atomic E-state index is 12.6. The molecule has 26 heavy (non-hydrogen) atoms. The van der Waals surface area contributed by atoms with Crippen LogP contribution in [-0.4, -0.2) is 18.4 Å². The third kappa shape index (κ3) is 4.72. The van der Waals surface area contributed by atoms with Gasteiger partial charge in [-0.25, -0.2) is 0 Å². The van der Waals surface area contributed by atoms with Crippen molar-refractivity contribution < 1.29 is 9.59 Å². The number of amides is 2. The van der Waals surface area contributed by atoms with Gasteiger partial charge >= 0.3 is 0 Å². The van der Waals surface area contributed by atoms with E-state index in [1.54, 1.807) is 18.2 Å². The van der Waals surface area contributed by atoms with Crippen LogP contribution in [0.15, 0.2) is 30.3 Å². The molecule has 0 aromatic heterocycles. The van der Waals surface area contributed by atoms with Crippen molar-refractivity contribution in [1.29, 1.82) is 0 Å². The number of hydrogen-bond acceptors (Lipinski definition) is 2. The zero-order valence-corrected chi connectivity index (χ0v) is 16.3. The topological polar surface area (TPSA) is 58.2 Å². The lowest BCUT2D eigenvalue weighted by Crippen LogP contribution is -2.25. The van der Waals surface area contributed by atoms with Gasteiger partial charge in [0.2, 0.25) is 0 Å². The van der Waals surface area contributed by atoms with E-state index in [0.717, 1.165) is 35.2 Å². The zero-order chi connectivity index (χ0) is 19.3. The molecule has 0 spiro atoms. The predicted octanol–water partition coefficient (Wildman–Crippen LogP) is 4.70. The van der Waals surface area contributed by atoms with Crippen molar-refractivity contribution in [3.05, 3.63) is 63.7 Å². The number of carbonyl (C=O) groups is 2. The maximum absolute atomic E-state index is 12.6. The first kappa shape index (κ1) is 19.7. The van der Waals surface area contributed by atoms with Gasteiger partial charge in [0, 0.05) is 23.4 Å². The number of hydrogen-bond donors (Lipinski definition) is 2.